The number of rotatable bonds is 2. The number of alkyl halides is 3. The highest BCUT2D eigenvalue weighted by Crippen LogP contribution is 2.34. The maximum atomic E-state index is 12.8. The van der Waals surface area contributed by atoms with Gasteiger partial charge in [-0.1, -0.05) is 6.07 Å². The predicted octanol–water partition coefficient (Wildman–Crippen LogP) is 3.20. The summed E-state index contributed by atoms with van der Waals surface area (Å²) in [4.78, 5) is 2.05. The third kappa shape index (κ3) is 3.21. The molecule has 1 aliphatic heterocycles. The van der Waals surface area contributed by atoms with Crippen molar-refractivity contribution < 1.29 is 13.2 Å². The lowest BCUT2D eigenvalue weighted by molar-refractivity contribution is -0.137. The Balaban J connectivity index is 2.28. The van der Waals surface area contributed by atoms with Crippen molar-refractivity contribution >= 4 is 5.69 Å². The molecule has 1 aliphatic rings. The third-order valence-corrected chi connectivity index (χ3v) is 3.71. The molecular weight excluding hydrogens is 253 g/mol. The van der Waals surface area contributed by atoms with Crippen LogP contribution >= 0.6 is 0 Å². The van der Waals surface area contributed by atoms with Crippen molar-refractivity contribution in [3.05, 3.63) is 29.3 Å². The molecule has 1 atom stereocenters. The largest absolute Gasteiger partial charge is 0.416 e. The second-order valence-corrected chi connectivity index (χ2v) is 5.07. The van der Waals surface area contributed by atoms with E-state index < -0.39 is 11.7 Å². The minimum Gasteiger partial charge on any atom is -0.370 e. The lowest BCUT2D eigenvalue weighted by atomic mass is 10.0. The zero-order valence-electron chi connectivity index (χ0n) is 11.2. The van der Waals surface area contributed by atoms with Crippen LogP contribution < -0.4 is 10.2 Å². The first-order valence-corrected chi connectivity index (χ1v) is 6.52. The first kappa shape index (κ1) is 14.2. The van der Waals surface area contributed by atoms with Crippen LogP contribution in [0.3, 0.4) is 0 Å². The zero-order chi connectivity index (χ0) is 14.0. The molecule has 0 bridgehead atoms. The van der Waals surface area contributed by atoms with E-state index in [2.05, 4.69) is 10.2 Å². The van der Waals surface area contributed by atoms with Gasteiger partial charge in [-0.05, 0) is 44.5 Å². The predicted molar refractivity (Wildman–Crippen MR) is 70.5 cm³/mol. The fourth-order valence-corrected chi connectivity index (χ4v) is 2.56. The Morgan fingerprint density at radius 3 is 2.68 bits per heavy atom. The zero-order valence-corrected chi connectivity index (χ0v) is 11.2. The van der Waals surface area contributed by atoms with Gasteiger partial charge < -0.3 is 10.2 Å². The summed E-state index contributed by atoms with van der Waals surface area (Å²) in [6, 6.07) is 4.33. The van der Waals surface area contributed by atoms with Crippen LogP contribution in [0.25, 0.3) is 0 Å². The Morgan fingerprint density at radius 1 is 1.32 bits per heavy atom. The van der Waals surface area contributed by atoms with Gasteiger partial charge >= 0.3 is 6.18 Å². The highest BCUT2D eigenvalue weighted by atomic mass is 19.4. The molecule has 0 spiro atoms. The number of aryl methyl sites for hydroxylation is 1. The summed E-state index contributed by atoms with van der Waals surface area (Å²) in [6.07, 6.45) is -2.20. The van der Waals surface area contributed by atoms with E-state index in [9.17, 15) is 13.2 Å². The molecule has 1 N–H and O–H groups in total. The van der Waals surface area contributed by atoms with E-state index in [1.165, 1.54) is 6.07 Å². The second-order valence-electron chi connectivity index (χ2n) is 5.07. The van der Waals surface area contributed by atoms with Crippen molar-refractivity contribution in [3.8, 4) is 0 Å². The molecule has 1 aromatic carbocycles. The van der Waals surface area contributed by atoms with Crippen LogP contribution in [0.2, 0.25) is 0 Å². The Bertz CT molecular complexity index is 443. The number of piperidine rings is 1. The molecule has 2 nitrogen and oxygen atoms in total. The van der Waals surface area contributed by atoms with Gasteiger partial charge in [0.05, 0.1) is 5.56 Å². The third-order valence-electron chi connectivity index (χ3n) is 3.71. The molecule has 0 amide bonds. The van der Waals surface area contributed by atoms with Gasteiger partial charge in [0.1, 0.15) is 0 Å². The average Bonchev–Trinajstić information content (AvgIpc) is 2.38. The Hall–Kier alpha value is -1.23. The number of hydrogen-bond acceptors (Lipinski definition) is 2. The molecule has 0 aliphatic carbocycles. The van der Waals surface area contributed by atoms with Crippen LogP contribution in [0.4, 0.5) is 18.9 Å². The van der Waals surface area contributed by atoms with E-state index in [0.29, 0.717) is 11.7 Å². The van der Waals surface area contributed by atoms with Crippen LogP contribution in [-0.4, -0.2) is 26.2 Å². The van der Waals surface area contributed by atoms with E-state index in [4.69, 9.17) is 0 Å². The van der Waals surface area contributed by atoms with Gasteiger partial charge in [0.15, 0.2) is 0 Å². The lowest BCUT2D eigenvalue weighted by Gasteiger charge is -2.35. The number of halogens is 3. The summed E-state index contributed by atoms with van der Waals surface area (Å²) in [5.74, 6) is 0. The van der Waals surface area contributed by atoms with Gasteiger partial charge in [0, 0.05) is 24.8 Å². The Morgan fingerprint density at radius 2 is 2.05 bits per heavy atom. The highest BCUT2D eigenvalue weighted by molar-refractivity contribution is 5.56. The van der Waals surface area contributed by atoms with Gasteiger partial charge in [0.2, 0.25) is 0 Å². The number of benzene rings is 1. The molecule has 0 aromatic heterocycles. The van der Waals surface area contributed by atoms with E-state index in [1.54, 1.807) is 6.07 Å². The number of nitrogens with zero attached hydrogens (tertiary/aromatic N) is 1. The highest BCUT2D eigenvalue weighted by Gasteiger charge is 2.31. The van der Waals surface area contributed by atoms with Crippen molar-refractivity contribution in [1.82, 2.24) is 5.32 Å². The van der Waals surface area contributed by atoms with Crippen molar-refractivity contribution in [1.29, 1.82) is 0 Å². The smallest absolute Gasteiger partial charge is 0.370 e. The van der Waals surface area contributed by atoms with Crippen molar-refractivity contribution in [2.75, 3.05) is 25.0 Å². The maximum absolute atomic E-state index is 12.8. The van der Waals surface area contributed by atoms with E-state index in [1.807, 2.05) is 14.0 Å². The molecule has 2 rings (SSSR count). The number of likely N-dealkylation sites (N-methyl/N-ethyl adjacent to an activating group) is 1. The summed E-state index contributed by atoms with van der Waals surface area (Å²) in [7, 11) is 1.90. The standard InChI is InChI=1S/C14H19F3N2/c1-10-5-6-11(14(15,16)17)8-13(10)19-7-3-4-12(9-19)18-2/h5-6,8,12,18H,3-4,7,9H2,1-2H3. The number of hydrogen-bond donors (Lipinski definition) is 1. The first-order chi connectivity index (χ1) is 8.91. The summed E-state index contributed by atoms with van der Waals surface area (Å²) < 4.78 is 38.3. The number of anilines is 1. The number of nitrogens with one attached hydrogen (secondary N) is 1. The normalized spacial score (nSPS) is 20.7. The molecule has 19 heavy (non-hydrogen) atoms. The Labute approximate surface area is 111 Å². The van der Waals surface area contributed by atoms with Crippen molar-refractivity contribution in [3.63, 3.8) is 0 Å². The molecule has 1 fully saturated rings. The average molecular weight is 272 g/mol. The topological polar surface area (TPSA) is 15.3 Å². The molecule has 5 heteroatoms. The van der Waals surface area contributed by atoms with E-state index >= 15 is 0 Å². The second kappa shape index (κ2) is 5.41. The first-order valence-electron chi connectivity index (χ1n) is 6.52. The van der Waals surface area contributed by atoms with E-state index in [-0.39, 0.29) is 0 Å². The quantitative estimate of drug-likeness (QED) is 0.889. The van der Waals surface area contributed by atoms with Crippen LogP contribution in [0.5, 0.6) is 0 Å². The SMILES string of the molecule is CNC1CCCN(c2cc(C(F)(F)F)ccc2C)C1. The van der Waals surface area contributed by atoms with Gasteiger partial charge in [0.25, 0.3) is 0 Å². The van der Waals surface area contributed by atoms with Gasteiger partial charge in [-0.25, -0.2) is 0 Å². The summed E-state index contributed by atoms with van der Waals surface area (Å²) in [6.45, 7) is 3.44. The maximum Gasteiger partial charge on any atom is 0.416 e. The molecule has 1 aromatic rings. The van der Waals surface area contributed by atoms with Crippen molar-refractivity contribution in [2.24, 2.45) is 0 Å². The van der Waals surface area contributed by atoms with Crippen LogP contribution in [0.1, 0.15) is 24.0 Å². The molecule has 1 saturated heterocycles. The summed E-state index contributed by atoms with van der Waals surface area (Å²) >= 11 is 0. The van der Waals surface area contributed by atoms with Gasteiger partial charge in [-0.15, -0.1) is 0 Å². The van der Waals surface area contributed by atoms with Gasteiger partial charge in [-0.2, -0.15) is 13.2 Å². The fraction of sp³-hybridized carbons (Fsp3) is 0.571. The molecular formula is C14H19F3N2. The molecule has 106 valence electrons. The lowest BCUT2D eigenvalue weighted by Crippen LogP contribution is -2.44. The van der Waals surface area contributed by atoms with Crippen LogP contribution in [0, 0.1) is 6.92 Å². The molecule has 1 unspecified atom stereocenters. The fourth-order valence-electron chi connectivity index (χ4n) is 2.56. The summed E-state index contributed by atoms with van der Waals surface area (Å²) in [5.41, 5.74) is 1.03. The monoisotopic (exact) mass is 272 g/mol. The van der Waals surface area contributed by atoms with Crippen LogP contribution in [-0.2, 0) is 6.18 Å². The molecule has 0 saturated carbocycles. The van der Waals surface area contributed by atoms with Crippen LogP contribution in [0.15, 0.2) is 18.2 Å². The Kier molecular flexibility index (Phi) is 4.04. The van der Waals surface area contributed by atoms with Crippen molar-refractivity contribution in [2.45, 2.75) is 32.0 Å². The molecule has 0 radical (unpaired) electrons. The van der Waals surface area contributed by atoms with E-state index in [0.717, 1.165) is 37.6 Å². The molecule has 1 heterocycles. The minimum absolute atomic E-state index is 0.350. The minimum atomic E-state index is -4.28. The summed E-state index contributed by atoms with van der Waals surface area (Å²) in [5, 5.41) is 3.20. The van der Waals surface area contributed by atoms with Gasteiger partial charge in [-0.3, -0.25) is 0 Å².